The van der Waals surface area contributed by atoms with E-state index >= 15 is 0 Å². The number of hydrogen-bond acceptors (Lipinski definition) is 0. The van der Waals surface area contributed by atoms with Crippen LogP contribution in [0.5, 0.6) is 0 Å². The first-order valence-corrected chi connectivity index (χ1v) is 0. The first-order valence-electron chi connectivity index (χ1n) is 0. The van der Waals surface area contributed by atoms with Crippen molar-refractivity contribution in [1.82, 2.24) is 0 Å². The fourth-order valence-corrected chi connectivity index (χ4v) is 0. The van der Waals surface area contributed by atoms with Gasteiger partial charge in [0.25, 0.3) is 0 Å². The van der Waals surface area contributed by atoms with Crippen molar-refractivity contribution in [3.8, 4) is 0 Å². The van der Waals surface area contributed by atoms with E-state index < -0.39 is 0 Å². The molecule has 0 nitrogen and oxygen atoms in total. The predicted molar refractivity (Wildman–Crippen MR) is 16.1 cm³/mol. The maximum Gasteiger partial charge on any atom is 2.00 e. The van der Waals surface area contributed by atoms with Gasteiger partial charge in [-0.15, -0.1) is 17.0 Å². The van der Waals surface area contributed by atoms with E-state index in [0.29, 0.717) is 0 Å². The van der Waals surface area contributed by atoms with E-state index in [1.54, 1.807) is 0 Å². The largest absolute Gasteiger partial charge is 2.00 e. The van der Waals surface area contributed by atoms with Gasteiger partial charge in [-0.25, -0.2) is 0 Å². The van der Waals surface area contributed by atoms with Crippen LogP contribution in [-0.2, 0) is 0 Å². The van der Waals surface area contributed by atoms with Crippen LogP contribution in [0.2, 0.25) is 0 Å². The number of rotatable bonds is 0. The smallest absolute Gasteiger partial charge is 1.00 e. The van der Waals surface area contributed by atoms with Gasteiger partial charge in [-0.05, 0) is 0 Å². The fourth-order valence-electron chi connectivity index (χ4n) is 0. The molecule has 0 saturated carbocycles. The Kier molecular flexibility index (Phi) is 201. The van der Waals surface area contributed by atoms with Crippen molar-refractivity contribution < 1.29 is 9.41 Å². The van der Waals surface area contributed by atoms with E-state index in [1.165, 1.54) is 0 Å². The van der Waals surface area contributed by atoms with Gasteiger partial charge in [0.05, 0.1) is 0 Å². The fraction of sp³-hybridized carbons (Fsp3) is 0. The Balaban J connectivity index is 0. The summed E-state index contributed by atoms with van der Waals surface area (Å²) in [5.41, 5.74) is 0. The predicted octanol–water partition coefficient (Wildman–Crippen LogP) is -5.79. The first-order chi connectivity index (χ1) is 0. The Bertz CT molecular complexity index is 6.00. The van der Waals surface area contributed by atoms with Gasteiger partial charge in [-0.2, -0.15) is 0 Å². The van der Waals surface area contributed by atoms with Crippen molar-refractivity contribution in [2.45, 2.75) is 0 Å². The van der Waals surface area contributed by atoms with Crippen molar-refractivity contribution in [1.29, 1.82) is 0 Å². The Morgan fingerprint density at radius 2 is 0.750 bits per heavy atom. The van der Waals surface area contributed by atoms with Crippen molar-refractivity contribution in [3.05, 3.63) is 0 Å². The minimum absolute atomic E-state index is 0. The second-order valence-corrected chi connectivity index (χ2v) is 0. The summed E-state index contributed by atoms with van der Waals surface area (Å²) in [6, 6.07) is 0. The van der Waals surface area contributed by atoms with Crippen LogP contribution in [0.25, 0.3) is 0 Å². The van der Waals surface area contributed by atoms with E-state index in [2.05, 4.69) is 0 Å². The molecule has 0 aliphatic rings. The molecule has 4 heavy (non-hydrogen) atoms. The van der Waals surface area contributed by atoms with Gasteiger partial charge in [0, 0.05) is 0 Å². The molecule has 0 heterocycles. The summed E-state index contributed by atoms with van der Waals surface area (Å²) >= 11 is 0. The van der Waals surface area contributed by atoms with Gasteiger partial charge < -0.3 is 9.41 Å². The van der Waals surface area contributed by atoms with Crippen LogP contribution in [-0.4, -0.2) is 48.9 Å². The first kappa shape index (κ1) is 39.0. The molecule has 4 heteroatoms. The molecule has 0 saturated heterocycles. The van der Waals surface area contributed by atoms with E-state index in [0.717, 1.165) is 0 Å². The average molecular weight is 256 g/mol. The molecular weight excluding hydrogens is 255 g/mol. The van der Waals surface area contributed by atoms with Crippen LogP contribution >= 0.6 is 17.0 Å². The molecule has 0 spiro atoms. The summed E-state index contributed by atoms with van der Waals surface area (Å²) in [5.74, 6) is 0. The van der Waals surface area contributed by atoms with Gasteiger partial charge in [0.2, 0.25) is 0 Å². The second kappa shape index (κ2) is 20.6. The molecule has 0 aromatic rings. The maximum atomic E-state index is 0. The number of halogens is 3. The summed E-state index contributed by atoms with van der Waals surface area (Å²) < 4.78 is 0. The van der Waals surface area contributed by atoms with Crippen molar-refractivity contribution in [2.24, 2.45) is 0 Å². The SMILES string of the molecule is Br.[Ba+2].[F-].[F-]. The van der Waals surface area contributed by atoms with Gasteiger partial charge in [0.15, 0.2) is 0 Å². The maximum absolute atomic E-state index is 0. The van der Waals surface area contributed by atoms with Crippen LogP contribution in [0.3, 0.4) is 0 Å². The van der Waals surface area contributed by atoms with E-state index in [4.69, 9.17) is 0 Å². The molecule has 0 atom stereocenters. The Hall–Kier alpha value is 1.91. The third-order valence-corrected chi connectivity index (χ3v) is 0. The van der Waals surface area contributed by atoms with Crippen LogP contribution < -0.4 is 9.41 Å². The molecular formula is HBaBrF2. The zero-order valence-corrected chi connectivity index (χ0v) is 8.03. The van der Waals surface area contributed by atoms with Crippen LogP contribution in [0.4, 0.5) is 0 Å². The van der Waals surface area contributed by atoms with Crippen molar-refractivity contribution in [2.75, 3.05) is 0 Å². The molecule has 0 N–H and O–H groups in total. The van der Waals surface area contributed by atoms with Crippen LogP contribution in [0.1, 0.15) is 0 Å². The van der Waals surface area contributed by atoms with E-state index in [9.17, 15) is 0 Å². The molecule has 0 radical (unpaired) electrons. The standard InChI is InChI=1S/Ba.BrH.2FH/h;3*1H/q+2;;;/p-2. The zero-order chi connectivity index (χ0) is 0. The summed E-state index contributed by atoms with van der Waals surface area (Å²) in [6.45, 7) is 0. The molecule has 0 bridgehead atoms. The third-order valence-electron chi connectivity index (χ3n) is 0. The monoisotopic (exact) mass is 256 g/mol. The quantitative estimate of drug-likeness (QED) is 0.379. The molecule has 0 fully saturated rings. The third kappa shape index (κ3) is 9.07. The summed E-state index contributed by atoms with van der Waals surface area (Å²) in [7, 11) is 0. The Labute approximate surface area is 73.9 Å². The normalized spacial score (nSPS) is 0. The molecule has 0 aromatic heterocycles. The van der Waals surface area contributed by atoms with Crippen molar-refractivity contribution in [3.63, 3.8) is 0 Å². The molecule has 0 aliphatic carbocycles. The zero-order valence-electron chi connectivity index (χ0n) is 1.87. The summed E-state index contributed by atoms with van der Waals surface area (Å²) in [5, 5.41) is 0. The summed E-state index contributed by atoms with van der Waals surface area (Å²) in [6.07, 6.45) is 0. The Morgan fingerprint density at radius 3 is 0.750 bits per heavy atom. The Morgan fingerprint density at radius 1 is 0.750 bits per heavy atom. The van der Waals surface area contributed by atoms with Gasteiger partial charge in [-0.1, -0.05) is 0 Å². The topological polar surface area (TPSA) is 0 Å². The van der Waals surface area contributed by atoms with Gasteiger partial charge in [-0.3, -0.25) is 0 Å². The van der Waals surface area contributed by atoms with Crippen LogP contribution in [0.15, 0.2) is 0 Å². The van der Waals surface area contributed by atoms with Gasteiger partial charge >= 0.3 is 48.9 Å². The molecule has 0 rings (SSSR count). The summed E-state index contributed by atoms with van der Waals surface area (Å²) in [4.78, 5) is 0. The van der Waals surface area contributed by atoms with Crippen molar-refractivity contribution >= 4 is 65.9 Å². The van der Waals surface area contributed by atoms with Gasteiger partial charge in [0.1, 0.15) is 0 Å². The molecule has 24 valence electrons. The van der Waals surface area contributed by atoms with Crippen LogP contribution in [0, 0.1) is 0 Å². The van der Waals surface area contributed by atoms with E-state index in [1.807, 2.05) is 0 Å². The molecule has 0 unspecified atom stereocenters. The average Bonchev–Trinajstić information content (AvgIpc) is 0. The minimum atomic E-state index is 0. The number of hydrogen-bond donors (Lipinski definition) is 0. The molecule has 0 aromatic carbocycles. The molecule has 0 aliphatic heterocycles. The molecule has 0 amide bonds. The van der Waals surface area contributed by atoms with E-state index in [-0.39, 0.29) is 75.3 Å². The minimum Gasteiger partial charge on any atom is -1.00 e. The second-order valence-electron chi connectivity index (χ2n) is 0.